The summed E-state index contributed by atoms with van der Waals surface area (Å²) in [6, 6.07) is 8.82. The predicted molar refractivity (Wildman–Crippen MR) is 122 cm³/mol. The van der Waals surface area contributed by atoms with E-state index in [0.29, 0.717) is 17.2 Å². The molecule has 0 aliphatic carbocycles. The van der Waals surface area contributed by atoms with Crippen LogP contribution in [0.15, 0.2) is 46.2 Å². The van der Waals surface area contributed by atoms with Gasteiger partial charge in [-0.25, -0.2) is 13.4 Å². The number of rotatable bonds is 8. The number of benzene rings is 1. The number of imidazole rings is 1. The Morgan fingerprint density at radius 2 is 2.23 bits per heavy atom. The number of hydrogen-bond donors (Lipinski definition) is 0. The van der Waals surface area contributed by atoms with Crippen LogP contribution in [0.5, 0.6) is 0 Å². The highest BCUT2D eigenvalue weighted by atomic mass is 35.5. The molecule has 3 heterocycles. The largest absolute Gasteiger partial charge is 0.467 e. The van der Waals surface area contributed by atoms with Gasteiger partial charge in [0.05, 0.1) is 41.1 Å². The number of fused-ring (bicyclic) bond motifs is 1. The van der Waals surface area contributed by atoms with E-state index in [1.807, 2.05) is 18.2 Å². The molecule has 0 radical (unpaired) electrons. The minimum Gasteiger partial charge on any atom is -0.467 e. The Morgan fingerprint density at radius 1 is 1.39 bits per heavy atom. The van der Waals surface area contributed by atoms with Crippen LogP contribution in [0, 0.1) is 0 Å². The van der Waals surface area contributed by atoms with Crippen molar-refractivity contribution in [2.24, 2.45) is 0 Å². The van der Waals surface area contributed by atoms with E-state index in [4.69, 9.17) is 16.0 Å². The van der Waals surface area contributed by atoms with Crippen LogP contribution in [0.3, 0.4) is 0 Å². The third kappa shape index (κ3) is 5.10. The molecule has 1 atom stereocenters. The van der Waals surface area contributed by atoms with Gasteiger partial charge in [-0.2, -0.15) is 0 Å². The van der Waals surface area contributed by atoms with Gasteiger partial charge >= 0.3 is 0 Å². The number of sulfone groups is 1. The van der Waals surface area contributed by atoms with Crippen LogP contribution in [0.2, 0.25) is 5.02 Å². The summed E-state index contributed by atoms with van der Waals surface area (Å²) in [6.45, 7) is 3.13. The summed E-state index contributed by atoms with van der Waals surface area (Å²) < 4.78 is 31.5. The lowest BCUT2D eigenvalue weighted by molar-refractivity contribution is -0.131. The van der Waals surface area contributed by atoms with E-state index in [1.54, 1.807) is 23.3 Å². The molecule has 0 unspecified atom stereocenters. The first-order chi connectivity index (χ1) is 14.9. The Balaban J connectivity index is 1.54. The summed E-state index contributed by atoms with van der Waals surface area (Å²) >= 11 is 7.48. The first-order valence-corrected chi connectivity index (χ1v) is 13.4. The van der Waals surface area contributed by atoms with E-state index in [2.05, 4.69) is 16.5 Å². The van der Waals surface area contributed by atoms with Crippen molar-refractivity contribution in [1.29, 1.82) is 0 Å². The fourth-order valence-corrected chi connectivity index (χ4v) is 6.68. The Morgan fingerprint density at radius 3 is 2.90 bits per heavy atom. The second kappa shape index (κ2) is 9.26. The van der Waals surface area contributed by atoms with Crippen LogP contribution in [-0.4, -0.2) is 52.1 Å². The normalized spacial score (nSPS) is 17.9. The summed E-state index contributed by atoms with van der Waals surface area (Å²) in [7, 11) is -3.12. The molecule has 0 saturated carbocycles. The molecule has 4 rings (SSSR count). The number of carbonyl (C=O) groups is 1. The maximum absolute atomic E-state index is 13.2. The van der Waals surface area contributed by atoms with E-state index in [-0.39, 0.29) is 35.8 Å². The fourth-order valence-electron chi connectivity index (χ4n) is 3.85. The number of aryl methyl sites for hydroxylation is 1. The highest BCUT2D eigenvalue weighted by Gasteiger charge is 2.35. The van der Waals surface area contributed by atoms with Gasteiger partial charge in [0.1, 0.15) is 5.76 Å². The zero-order valence-corrected chi connectivity index (χ0v) is 19.5. The maximum atomic E-state index is 13.2. The Labute approximate surface area is 190 Å². The molecular formula is C21H24ClN3O4S2. The quantitative estimate of drug-likeness (QED) is 0.452. The zero-order chi connectivity index (χ0) is 22.0. The van der Waals surface area contributed by atoms with Crippen molar-refractivity contribution in [1.82, 2.24) is 14.5 Å². The lowest BCUT2D eigenvalue weighted by Gasteiger charge is -2.27. The molecule has 0 N–H and O–H groups in total. The minimum atomic E-state index is -3.12. The number of amides is 1. The third-order valence-corrected chi connectivity index (χ3v) is 8.27. The van der Waals surface area contributed by atoms with Crippen molar-refractivity contribution >= 4 is 50.1 Å². The lowest BCUT2D eigenvalue weighted by Crippen LogP contribution is -2.41. The van der Waals surface area contributed by atoms with Gasteiger partial charge < -0.3 is 13.9 Å². The molecular weight excluding hydrogens is 458 g/mol. The number of halogens is 1. The van der Waals surface area contributed by atoms with E-state index in [9.17, 15) is 13.2 Å². The SMILES string of the molecule is CCCn1c(SCC(=O)N(Cc2ccco2)[C@@H]2CCS(=O)(=O)C2)nc2cc(Cl)ccc21. The predicted octanol–water partition coefficient (Wildman–Crippen LogP) is 4.00. The standard InChI is InChI=1S/C21H24ClN3O4S2/c1-2-8-24-19-6-5-15(22)11-18(19)23-21(24)30-13-20(26)25(12-17-4-3-9-29-17)16-7-10-31(27,28)14-16/h3-6,9,11,16H,2,7-8,10,12-14H2,1H3/t16-/m1/s1. The molecule has 1 aromatic carbocycles. The molecule has 1 aliphatic rings. The molecule has 7 nitrogen and oxygen atoms in total. The van der Waals surface area contributed by atoms with Crippen molar-refractivity contribution in [3.8, 4) is 0 Å². The first-order valence-electron chi connectivity index (χ1n) is 10.2. The van der Waals surface area contributed by atoms with Gasteiger partial charge in [-0.3, -0.25) is 4.79 Å². The number of nitrogens with zero attached hydrogens (tertiary/aromatic N) is 3. The number of thioether (sulfide) groups is 1. The molecule has 1 aliphatic heterocycles. The van der Waals surface area contributed by atoms with E-state index in [1.165, 1.54) is 11.8 Å². The number of hydrogen-bond acceptors (Lipinski definition) is 6. The maximum Gasteiger partial charge on any atom is 0.233 e. The van der Waals surface area contributed by atoms with Gasteiger partial charge in [0.15, 0.2) is 15.0 Å². The first kappa shape index (κ1) is 22.2. The van der Waals surface area contributed by atoms with Crippen molar-refractivity contribution in [3.05, 3.63) is 47.4 Å². The van der Waals surface area contributed by atoms with Crippen LogP contribution in [0.1, 0.15) is 25.5 Å². The summed E-state index contributed by atoms with van der Waals surface area (Å²) in [5.74, 6) is 0.779. The summed E-state index contributed by atoms with van der Waals surface area (Å²) in [5.41, 5.74) is 1.78. The van der Waals surface area contributed by atoms with E-state index < -0.39 is 9.84 Å². The number of furan rings is 1. The average Bonchev–Trinajstić information content (AvgIpc) is 3.44. The van der Waals surface area contributed by atoms with Crippen LogP contribution >= 0.6 is 23.4 Å². The second-order valence-electron chi connectivity index (χ2n) is 7.63. The number of aromatic nitrogens is 2. The lowest BCUT2D eigenvalue weighted by atomic mass is 10.2. The third-order valence-electron chi connectivity index (χ3n) is 5.32. The zero-order valence-electron chi connectivity index (χ0n) is 17.2. The van der Waals surface area contributed by atoms with E-state index >= 15 is 0 Å². The van der Waals surface area contributed by atoms with Crippen LogP contribution < -0.4 is 0 Å². The molecule has 10 heteroatoms. The Bertz CT molecular complexity index is 1170. The van der Waals surface area contributed by atoms with Gasteiger partial charge in [-0.05, 0) is 43.2 Å². The summed E-state index contributed by atoms with van der Waals surface area (Å²) in [5, 5.41) is 1.37. The monoisotopic (exact) mass is 481 g/mol. The van der Waals surface area contributed by atoms with Crippen LogP contribution in [0.4, 0.5) is 0 Å². The number of carbonyl (C=O) groups excluding carboxylic acids is 1. The molecule has 3 aromatic rings. The van der Waals surface area contributed by atoms with Gasteiger partial charge in [0.2, 0.25) is 5.91 Å². The van der Waals surface area contributed by atoms with Gasteiger partial charge in [0.25, 0.3) is 0 Å². The molecule has 0 spiro atoms. The molecule has 166 valence electrons. The average molecular weight is 482 g/mol. The molecule has 1 amide bonds. The smallest absolute Gasteiger partial charge is 0.233 e. The van der Waals surface area contributed by atoms with Crippen LogP contribution in [-0.2, 0) is 27.7 Å². The highest BCUT2D eigenvalue weighted by molar-refractivity contribution is 7.99. The van der Waals surface area contributed by atoms with Crippen molar-refractivity contribution < 1.29 is 17.6 Å². The summed E-state index contributed by atoms with van der Waals surface area (Å²) in [4.78, 5) is 19.5. The molecule has 2 aromatic heterocycles. The summed E-state index contributed by atoms with van der Waals surface area (Å²) in [6.07, 6.45) is 2.93. The highest BCUT2D eigenvalue weighted by Crippen LogP contribution is 2.28. The fraction of sp³-hybridized carbons (Fsp3) is 0.429. The van der Waals surface area contributed by atoms with Crippen LogP contribution in [0.25, 0.3) is 11.0 Å². The Hall–Kier alpha value is -1.97. The van der Waals surface area contributed by atoms with Crippen molar-refractivity contribution in [2.75, 3.05) is 17.3 Å². The molecule has 31 heavy (non-hydrogen) atoms. The van der Waals surface area contributed by atoms with Crippen molar-refractivity contribution in [3.63, 3.8) is 0 Å². The minimum absolute atomic E-state index is 0.00301. The molecule has 1 fully saturated rings. The topological polar surface area (TPSA) is 85.4 Å². The van der Waals surface area contributed by atoms with Gasteiger partial charge in [-0.15, -0.1) is 0 Å². The Kier molecular flexibility index (Phi) is 6.64. The van der Waals surface area contributed by atoms with Gasteiger partial charge in [0, 0.05) is 17.6 Å². The molecule has 0 bridgehead atoms. The van der Waals surface area contributed by atoms with E-state index in [0.717, 1.165) is 29.2 Å². The van der Waals surface area contributed by atoms with Crippen molar-refractivity contribution in [2.45, 2.75) is 44.1 Å². The second-order valence-corrected chi connectivity index (χ2v) is 11.2. The molecule has 1 saturated heterocycles. The van der Waals surface area contributed by atoms with Gasteiger partial charge in [-0.1, -0.05) is 30.3 Å².